The third-order valence-corrected chi connectivity index (χ3v) is 3.00. The summed E-state index contributed by atoms with van der Waals surface area (Å²) >= 11 is 5.87. The van der Waals surface area contributed by atoms with E-state index in [0.29, 0.717) is 16.4 Å². The van der Waals surface area contributed by atoms with Gasteiger partial charge in [-0.3, -0.25) is 9.78 Å². The van der Waals surface area contributed by atoms with Gasteiger partial charge in [0, 0.05) is 5.02 Å². The molecule has 7 heteroatoms. The van der Waals surface area contributed by atoms with Gasteiger partial charge in [0.25, 0.3) is 5.56 Å². The maximum atomic E-state index is 12.3. The molecule has 0 unspecified atom stereocenters. The lowest BCUT2D eigenvalue weighted by Gasteiger charge is -2.04. The Hall–Kier alpha value is -2.34. The molecular formula is C12H8ClN3O3. The van der Waals surface area contributed by atoms with Gasteiger partial charge in [0.05, 0.1) is 11.4 Å². The molecule has 0 radical (unpaired) electrons. The molecule has 0 amide bonds. The summed E-state index contributed by atoms with van der Waals surface area (Å²) in [6.45, 7) is 1.63. The van der Waals surface area contributed by atoms with Crippen molar-refractivity contribution in [2.75, 3.05) is 0 Å². The lowest BCUT2D eigenvalue weighted by atomic mass is 10.3. The van der Waals surface area contributed by atoms with Gasteiger partial charge in [0.1, 0.15) is 5.39 Å². The van der Waals surface area contributed by atoms with E-state index in [2.05, 4.69) is 10.1 Å². The first kappa shape index (κ1) is 11.7. The molecule has 3 rings (SSSR count). The first-order valence-electron chi connectivity index (χ1n) is 5.45. The summed E-state index contributed by atoms with van der Waals surface area (Å²) in [5, 5.41) is 4.35. The molecule has 96 valence electrons. The van der Waals surface area contributed by atoms with Crippen LogP contribution in [0.4, 0.5) is 0 Å². The molecule has 0 aliphatic heterocycles. The van der Waals surface area contributed by atoms with Crippen molar-refractivity contribution in [3.8, 4) is 5.69 Å². The van der Waals surface area contributed by atoms with Crippen LogP contribution in [0.5, 0.6) is 0 Å². The van der Waals surface area contributed by atoms with Crippen LogP contribution in [-0.2, 0) is 0 Å². The Morgan fingerprint density at radius 2 is 2.16 bits per heavy atom. The fourth-order valence-corrected chi connectivity index (χ4v) is 2.10. The van der Waals surface area contributed by atoms with Gasteiger partial charge in [-0.15, -0.1) is 0 Å². The van der Waals surface area contributed by atoms with E-state index in [1.807, 2.05) is 0 Å². The topological polar surface area (TPSA) is 80.9 Å². The Bertz CT molecular complexity index is 891. The average Bonchev–Trinajstić information content (AvgIpc) is 2.71. The second-order valence-corrected chi connectivity index (χ2v) is 4.46. The Kier molecular flexibility index (Phi) is 2.53. The highest BCUT2D eigenvalue weighted by atomic mass is 35.5. The maximum Gasteiger partial charge on any atom is 0.335 e. The van der Waals surface area contributed by atoms with Crippen LogP contribution in [0, 0.1) is 6.92 Å². The normalized spacial score (nSPS) is 11.1. The lowest BCUT2D eigenvalue weighted by Crippen LogP contribution is -2.33. The zero-order valence-corrected chi connectivity index (χ0v) is 10.6. The molecule has 0 saturated heterocycles. The number of nitrogens with one attached hydrogen (secondary N) is 1. The molecule has 0 aliphatic carbocycles. The van der Waals surface area contributed by atoms with Crippen LogP contribution >= 0.6 is 11.6 Å². The van der Waals surface area contributed by atoms with Crippen LogP contribution in [0.25, 0.3) is 16.8 Å². The van der Waals surface area contributed by atoms with Crippen LogP contribution in [-0.4, -0.2) is 14.7 Å². The van der Waals surface area contributed by atoms with Crippen LogP contribution in [0.2, 0.25) is 5.02 Å². The Balaban J connectivity index is 2.45. The number of aromatic nitrogens is 3. The van der Waals surface area contributed by atoms with Crippen molar-refractivity contribution in [2.24, 2.45) is 0 Å². The van der Waals surface area contributed by atoms with Crippen molar-refractivity contribution < 1.29 is 4.52 Å². The molecule has 0 saturated carbocycles. The number of fused-ring (bicyclic) bond motifs is 1. The zero-order chi connectivity index (χ0) is 13.6. The molecule has 1 N–H and O–H groups in total. The minimum atomic E-state index is -0.601. The van der Waals surface area contributed by atoms with E-state index in [-0.39, 0.29) is 11.1 Å². The number of aryl methyl sites for hydroxylation is 1. The number of hydrogen-bond acceptors (Lipinski definition) is 4. The summed E-state index contributed by atoms with van der Waals surface area (Å²) in [7, 11) is 0. The number of rotatable bonds is 1. The van der Waals surface area contributed by atoms with Gasteiger partial charge < -0.3 is 4.52 Å². The largest absolute Gasteiger partial charge is 0.337 e. The van der Waals surface area contributed by atoms with E-state index in [1.165, 1.54) is 6.07 Å². The molecule has 6 nitrogen and oxygen atoms in total. The van der Waals surface area contributed by atoms with Gasteiger partial charge in [0.2, 0.25) is 5.71 Å². The predicted molar refractivity (Wildman–Crippen MR) is 70.0 cm³/mol. The van der Waals surface area contributed by atoms with Crippen molar-refractivity contribution >= 4 is 22.7 Å². The first-order valence-corrected chi connectivity index (χ1v) is 5.83. The number of aromatic amines is 1. The third kappa shape index (κ3) is 1.77. The van der Waals surface area contributed by atoms with E-state index in [9.17, 15) is 9.59 Å². The smallest absolute Gasteiger partial charge is 0.335 e. The van der Waals surface area contributed by atoms with Gasteiger partial charge in [-0.05, 0) is 25.1 Å². The Morgan fingerprint density at radius 3 is 2.89 bits per heavy atom. The van der Waals surface area contributed by atoms with Crippen LogP contribution in [0.3, 0.4) is 0 Å². The average molecular weight is 278 g/mol. The van der Waals surface area contributed by atoms with Crippen molar-refractivity contribution in [2.45, 2.75) is 6.92 Å². The summed E-state index contributed by atoms with van der Waals surface area (Å²) < 4.78 is 5.88. The van der Waals surface area contributed by atoms with E-state index in [4.69, 9.17) is 16.1 Å². The van der Waals surface area contributed by atoms with Gasteiger partial charge in [-0.2, -0.15) is 0 Å². The molecule has 0 aliphatic rings. The van der Waals surface area contributed by atoms with E-state index >= 15 is 0 Å². The second kappa shape index (κ2) is 4.10. The molecular weight excluding hydrogens is 270 g/mol. The molecule has 3 aromatic rings. The summed E-state index contributed by atoms with van der Waals surface area (Å²) in [4.78, 5) is 26.8. The summed E-state index contributed by atoms with van der Waals surface area (Å²) in [5.74, 6) is 0. The molecule has 0 spiro atoms. The molecule has 2 aromatic heterocycles. The Morgan fingerprint density at radius 1 is 1.37 bits per heavy atom. The number of nitrogens with zero attached hydrogens (tertiary/aromatic N) is 2. The molecule has 1 aromatic carbocycles. The fourth-order valence-electron chi connectivity index (χ4n) is 1.91. The highest BCUT2D eigenvalue weighted by molar-refractivity contribution is 6.30. The van der Waals surface area contributed by atoms with Crippen LogP contribution < -0.4 is 11.2 Å². The first-order chi connectivity index (χ1) is 9.08. The standard InChI is InChI=1S/C12H8ClN3O3/c1-6-9-10(19-15-6)14-12(18)16(11(9)17)8-4-2-3-7(13)5-8/h2-5H,1H3,(H,14,18). The van der Waals surface area contributed by atoms with Crippen molar-refractivity contribution in [1.29, 1.82) is 0 Å². The monoisotopic (exact) mass is 277 g/mol. The summed E-state index contributed by atoms with van der Waals surface area (Å²) in [5.41, 5.74) is -0.199. The second-order valence-electron chi connectivity index (χ2n) is 4.02. The molecule has 0 fully saturated rings. The quantitative estimate of drug-likeness (QED) is 0.733. The zero-order valence-electron chi connectivity index (χ0n) is 9.81. The predicted octanol–water partition coefficient (Wildman–Crippen LogP) is 1.63. The number of halogens is 1. The fraction of sp³-hybridized carbons (Fsp3) is 0.0833. The van der Waals surface area contributed by atoms with Crippen molar-refractivity contribution in [3.63, 3.8) is 0 Å². The molecule has 0 atom stereocenters. The number of benzene rings is 1. The highest BCUT2D eigenvalue weighted by Crippen LogP contribution is 2.14. The van der Waals surface area contributed by atoms with Gasteiger partial charge in [-0.1, -0.05) is 22.8 Å². The van der Waals surface area contributed by atoms with Crippen LogP contribution in [0.15, 0.2) is 38.4 Å². The minimum Gasteiger partial charge on any atom is -0.337 e. The lowest BCUT2D eigenvalue weighted by molar-refractivity contribution is 0.441. The number of H-pyrrole nitrogens is 1. The molecule has 19 heavy (non-hydrogen) atoms. The SMILES string of the molecule is Cc1noc2[nH]c(=O)n(-c3cccc(Cl)c3)c(=O)c12. The van der Waals surface area contributed by atoms with Crippen molar-refractivity contribution in [3.05, 3.63) is 55.8 Å². The maximum absolute atomic E-state index is 12.3. The van der Waals surface area contributed by atoms with Gasteiger partial charge >= 0.3 is 5.69 Å². The van der Waals surface area contributed by atoms with E-state index < -0.39 is 11.2 Å². The van der Waals surface area contributed by atoms with E-state index in [0.717, 1.165) is 4.57 Å². The minimum absolute atomic E-state index is 0.0748. The van der Waals surface area contributed by atoms with Gasteiger partial charge in [-0.25, -0.2) is 9.36 Å². The Labute approximate surface area is 111 Å². The molecule has 2 heterocycles. The summed E-state index contributed by atoms with van der Waals surface area (Å²) in [6.07, 6.45) is 0. The third-order valence-electron chi connectivity index (χ3n) is 2.77. The van der Waals surface area contributed by atoms with Crippen LogP contribution in [0.1, 0.15) is 5.69 Å². The van der Waals surface area contributed by atoms with Gasteiger partial charge in [0.15, 0.2) is 0 Å². The van der Waals surface area contributed by atoms with Crippen molar-refractivity contribution in [1.82, 2.24) is 14.7 Å². The summed E-state index contributed by atoms with van der Waals surface area (Å²) in [6, 6.07) is 6.48. The highest BCUT2D eigenvalue weighted by Gasteiger charge is 2.15. The molecule has 0 bridgehead atoms. The number of hydrogen-bond donors (Lipinski definition) is 1. The van der Waals surface area contributed by atoms with E-state index in [1.54, 1.807) is 25.1 Å².